The molecule has 0 aromatic heterocycles. The van der Waals surface area contributed by atoms with Crippen LogP contribution < -0.4 is 0 Å². The molecule has 0 aliphatic carbocycles. The first kappa shape index (κ1) is 13.0. The van der Waals surface area contributed by atoms with E-state index in [2.05, 4.69) is 32.7 Å². The Hall–Kier alpha value is -0.0400. The van der Waals surface area contributed by atoms with Gasteiger partial charge in [-0.25, -0.2) is 0 Å². The van der Waals surface area contributed by atoms with Crippen LogP contribution in [-0.4, -0.2) is 24.5 Å². The molecule has 0 fully saturated rings. The van der Waals surface area contributed by atoms with Gasteiger partial charge in [-0.3, -0.25) is 0 Å². The van der Waals surface area contributed by atoms with Crippen LogP contribution in [-0.2, 0) is 0 Å². The van der Waals surface area contributed by atoms with Gasteiger partial charge in [-0.15, -0.1) is 0 Å². The van der Waals surface area contributed by atoms with Crippen molar-refractivity contribution in [2.24, 2.45) is 0 Å². The van der Waals surface area contributed by atoms with Crippen molar-refractivity contribution in [1.29, 1.82) is 0 Å². The van der Waals surface area contributed by atoms with Crippen LogP contribution in [0.2, 0.25) is 0 Å². The fourth-order valence-corrected chi connectivity index (χ4v) is 1.65. The summed E-state index contributed by atoms with van der Waals surface area (Å²) in [6, 6.07) is 0.770. The van der Waals surface area contributed by atoms with Crippen LogP contribution in [0.5, 0.6) is 0 Å². The maximum Gasteiger partial charge on any atom is 0.00637 e. The molecule has 1 heteroatoms. The molecule has 13 heavy (non-hydrogen) atoms. The molecule has 0 aromatic carbocycles. The maximum atomic E-state index is 2.50. The third kappa shape index (κ3) is 7.06. The molecule has 0 bridgehead atoms. The van der Waals surface area contributed by atoms with Crippen molar-refractivity contribution in [3.05, 3.63) is 0 Å². The lowest BCUT2D eigenvalue weighted by atomic mass is 10.1. The van der Waals surface area contributed by atoms with Gasteiger partial charge in [0.15, 0.2) is 0 Å². The third-order valence-electron chi connectivity index (χ3n) is 2.82. The first-order valence-corrected chi connectivity index (χ1v) is 5.92. The molecule has 0 radical (unpaired) electrons. The Morgan fingerprint density at radius 2 is 1.69 bits per heavy atom. The van der Waals surface area contributed by atoms with Crippen molar-refractivity contribution in [2.75, 3.05) is 13.6 Å². The fourth-order valence-electron chi connectivity index (χ4n) is 1.65. The van der Waals surface area contributed by atoms with Gasteiger partial charge in [-0.2, -0.15) is 0 Å². The maximum absolute atomic E-state index is 2.50. The van der Waals surface area contributed by atoms with Crippen LogP contribution in [0.3, 0.4) is 0 Å². The van der Waals surface area contributed by atoms with E-state index in [1.54, 1.807) is 0 Å². The summed E-state index contributed by atoms with van der Waals surface area (Å²) in [5, 5.41) is 0. The first-order valence-electron chi connectivity index (χ1n) is 5.92. The van der Waals surface area contributed by atoms with Crippen LogP contribution >= 0.6 is 0 Å². The zero-order valence-electron chi connectivity index (χ0n) is 9.97. The Labute approximate surface area is 84.5 Å². The molecule has 80 valence electrons. The molecule has 0 spiro atoms. The number of rotatable bonds is 8. The SMILES string of the molecule is CCCCCCN(C)C(C)CCC. The second-order valence-electron chi connectivity index (χ2n) is 4.18. The topological polar surface area (TPSA) is 3.24 Å². The van der Waals surface area contributed by atoms with Gasteiger partial charge in [0.2, 0.25) is 0 Å². The standard InChI is InChI=1S/C12H27N/c1-5-7-8-9-11-13(4)12(3)10-6-2/h12H,5-11H2,1-4H3. The van der Waals surface area contributed by atoms with Gasteiger partial charge in [0.25, 0.3) is 0 Å². The molecular weight excluding hydrogens is 158 g/mol. The molecule has 0 saturated carbocycles. The predicted octanol–water partition coefficient (Wildman–Crippen LogP) is 3.69. The largest absolute Gasteiger partial charge is 0.304 e. The minimum absolute atomic E-state index is 0.770. The molecular formula is C12H27N. The van der Waals surface area contributed by atoms with Gasteiger partial charge < -0.3 is 4.90 Å². The smallest absolute Gasteiger partial charge is 0.00637 e. The average molecular weight is 185 g/mol. The molecule has 0 aromatic rings. The van der Waals surface area contributed by atoms with Crippen molar-refractivity contribution >= 4 is 0 Å². The zero-order chi connectivity index (χ0) is 10.1. The fraction of sp³-hybridized carbons (Fsp3) is 1.00. The summed E-state index contributed by atoms with van der Waals surface area (Å²) in [6.07, 6.45) is 8.16. The van der Waals surface area contributed by atoms with E-state index in [1.807, 2.05) is 0 Å². The summed E-state index contributed by atoms with van der Waals surface area (Å²) in [6.45, 7) is 8.15. The average Bonchev–Trinajstić information content (AvgIpc) is 2.12. The van der Waals surface area contributed by atoms with Crippen LogP contribution in [0.1, 0.15) is 59.3 Å². The van der Waals surface area contributed by atoms with E-state index >= 15 is 0 Å². The lowest BCUT2D eigenvalue weighted by Crippen LogP contribution is -2.29. The summed E-state index contributed by atoms with van der Waals surface area (Å²) in [5.74, 6) is 0. The molecule has 0 aliphatic heterocycles. The van der Waals surface area contributed by atoms with E-state index in [4.69, 9.17) is 0 Å². The molecule has 0 heterocycles. The van der Waals surface area contributed by atoms with Gasteiger partial charge in [-0.1, -0.05) is 39.5 Å². The van der Waals surface area contributed by atoms with Crippen molar-refractivity contribution < 1.29 is 0 Å². The zero-order valence-corrected chi connectivity index (χ0v) is 9.97. The van der Waals surface area contributed by atoms with Crippen molar-refractivity contribution in [3.63, 3.8) is 0 Å². The highest BCUT2D eigenvalue weighted by molar-refractivity contribution is 4.62. The van der Waals surface area contributed by atoms with E-state index in [-0.39, 0.29) is 0 Å². The molecule has 1 unspecified atom stereocenters. The van der Waals surface area contributed by atoms with Crippen LogP contribution in [0, 0.1) is 0 Å². The second-order valence-corrected chi connectivity index (χ2v) is 4.18. The highest BCUT2D eigenvalue weighted by atomic mass is 15.1. The van der Waals surface area contributed by atoms with Gasteiger partial charge in [0, 0.05) is 6.04 Å². The summed E-state index contributed by atoms with van der Waals surface area (Å²) >= 11 is 0. The van der Waals surface area contributed by atoms with Crippen LogP contribution in [0.15, 0.2) is 0 Å². The van der Waals surface area contributed by atoms with Crippen LogP contribution in [0.4, 0.5) is 0 Å². The highest BCUT2D eigenvalue weighted by Gasteiger charge is 2.06. The first-order chi connectivity index (χ1) is 6.22. The van der Waals surface area contributed by atoms with E-state index < -0.39 is 0 Å². The predicted molar refractivity (Wildman–Crippen MR) is 61.1 cm³/mol. The number of unbranched alkanes of at least 4 members (excludes halogenated alkanes) is 3. The molecule has 0 aliphatic rings. The van der Waals surface area contributed by atoms with Crippen molar-refractivity contribution in [2.45, 2.75) is 65.3 Å². The Balaban J connectivity index is 3.32. The molecule has 0 rings (SSSR count). The lowest BCUT2D eigenvalue weighted by molar-refractivity contribution is 0.239. The molecule has 0 N–H and O–H groups in total. The minimum atomic E-state index is 0.770. The number of hydrogen-bond donors (Lipinski definition) is 0. The van der Waals surface area contributed by atoms with Crippen molar-refractivity contribution in [1.82, 2.24) is 4.90 Å². The molecule has 1 nitrogen and oxygen atoms in total. The summed E-state index contributed by atoms with van der Waals surface area (Å²) < 4.78 is 0. The van der Waals surface area contributed by atoms with Gasteiger partial charge >= 0.3 is 0 Å². The van der Waals surface area contributed by atoms with Gasteiger partial charge in [-0.05, 0) is 33.4 Å². The number of hydrogen-bond acceptors (Lipinski definition) is 1. The Kier molecular flexibility index (Phi) is 8.53. The Morgan fingerprint density at radius 3 is 2.23 bits per heavy atom. The minimum Gasteiger partial charge on any atom is -0.304 e. The molecule has 0 saturated heterocycles. The second kappa shape index (κ2) is 8.55. The van der Waals surface area contributed by atoms with Crippen molar-refractivity contribution in [3.8, 4) is 0 Å². The normalized spacial score (nSPS) is 13.6. The van der Waals surface area contributed by atoms with Crippen LogP contribution in [0.25, 0.3) is 0 Å². The van der Waals surface area contributed by atoms with Gasteiger partial charge in [0.05, 0.1) is 0 Å². The summed E-state index contributed by atoms with van der Waals surface area (Å²) in [7, 11) is 2.26. The lowest BCUT2D eigenvalue weighted by Gasteiger charge is -2.24. The monoisotopic (exact) mass is 185 g/mol. The summed E-state index contributed by atoms with van der Waals surface area (Å²) in [5.41, 5.74) is 0. The quantitative estimate of drug-likeness (QED) is 0.521. The Morgan fingerprint density at radius 1 is 1.00 bits per heavy atom. The highest BCUT2D eigenvalue weighted by Crippen LogP contribution is 2.06. The van der Waals surface area contributed by atoms with E-state index in [9.17, 15) is 0 Å². The number of nitrogens with zero attached hydrogens (tertiary/aromatic N) is 1. The Bertz CT molecular complexity index is 101. The van der Waals surface area contributed by atoms with E-state index in [0.717, 1.165) is 6.04 Å². The van der Waals surface area contributed by atoms with E-state index in [0.29, 0.717) is 0 Å². The van der Waals surface area contributed by atoms with E-state index in [1.165, 1.54) is 45.1 Å². The molecule has 1 atom stereocenters. The molecule has 0 amide bonds. The third-order valence-corrected chi connectivity index (χ3v) is 2.82. The summed E-state index contributed by atoms with van der Waals surface area (Å²) in [4.78, 5) is 2.50. The van der Waals surface area contributed by atoms with Gasteiger partial charge in [0.1, 0.15) is 0 Å².